The predicted molar refractivity (Wildman–Crippen MR) is 53.9 cm³/mol. The Morgan fingerprint density at radius 1 is 1.42 bits per heavy atom. The monoisotopic (exact) mass is 190 g/mol. The lowest BCUT2D eigenvalue weighted by Crippen LogP contribution is -1.92. The van der Waals surface area contributed by atoms with Crippen molar-refractivity contribution in [3.63, 3.8) is 0 Å². The van der Waals surface area contributed by atoms with Crippen LogP contribution in [0.4, 0.5) is 0 Å². The summed E-state index contributed by atoms with van der Waals surface area (Å²) in [6, 6.07) is 0. The summed E-state index contributed by atoms with van der Waals surface area (Å²) < 4.78 is 11.3. The van der Waals surface area contributed by atoms with E-state index < -0.39 is 7.37 Å². The zero-order valence-electron chi connectivity index (χ0n) is 7.83. The molecule has 0 aromatic heterocycles. The Morgan fingerprint density at radius 3 is 2.58 bits per heavy atom. The van der Waals surface area contributed by atoms with Crippen molar-refractivity contribution in [1.29, 1.82) is 0 Å². The van der Waals surface area contributed by atoms with Crippen LogP contribution in [0.25, 0.3) is 0 Å². The number of rotatable bonds is 7. The van der Waals surface area contributed by atoms with Crippen LogP contribution in [0.15, 0.2) is 12.7 Å². The highest BCUT2D eigenvalue weighted by Gasteiger charge is 2.14. The topological polar surface area (TPSA) is 37.3 Å². The van der Waals surface area contributed by atoms with E-state index in [1.54, 1.807) is 0 Å². The lowest BCUT2D eigenvalue weighted by Gasteiger charge is -2.07. The number of unbranched alkanes of at least 4 members (excludes halogenated alkanes) is 3. The van der Waals surface area contributed by atoms with Gasteiger partial charge in [0.1, 0.15) is 0 Å². The molecule has 1 atom stereocenters. The highest BCUT2D eigenvalue weighted by atomic mass is 31.2. The van der Waals surface area contributed by atoms with Crippen LogP contribution < -0.4 is 0 Å². The highest BCUT2D eigenvalue weighted by Crippen LogP contribution is 2.41. The molecule has 0 radical (unpaired) electrons. The van der Waals surface area contributed by atoms with Gasteiger partial charge in [-0.15, -0.1) is 6.58 Å². The molecular formula is C9H19O2P. The van der Waals surface area contributed by atoms with Gasteiger partial charge in [0.25, 0.3) is 0 Å². The Bertz CT molecular complexity index is 166. The fourth-order valence-corrected chi connectivity index (χ4v) is 2.38. The SMILES string of the molecule is C=CCP(=O)(O)CCCCCC. The van der Waals surface area contributed by atoms with Crippen molar-refractivity contribution < 1.29 is 9.46 Å². The third-order valence-electron chi connectivity index (χ3n) is 1.78. The van der Waals surface area contributed by atoms with Crippen LogP contribution in [0.3, 0.4) is 0 Å². The molecule has 1 unspecified atom stereocenters. The van der Waals surface area contributed by atoms with E-state index in [1.807, 2.05) is 0 Å². The Morgan fingerprint density at radius 2 is 2.08 bits per heavy atom. The fraction of sp³-hybridized carbons (Fsp3) is 0.778. The molecule has 0 rings (SSSR count). The van der Waals surface area contributed by atoms with E-state index in [0.717, 1.165) is 25.7 Å². The summed E-state index contributed by atoms with van der Waals surface area (Å²) in [5.41, 5.74) is 0. The van der Waals surface area contributed by atoms with E-state index in [1.165, 1.54) is 6.08 Å². The van der Waals surface area contributed by atoms with Crippen molar-refractivity contribution in [2.24, 2.45) is 0 Å². The van der Waals surface area contributed by atoms with Crippen LogP contribution in [0, 0.1) is 0 Å². The van der Waals surface area contributed by atoms with Gasteiger partial charge >= 0.3 is 0 Å². The zero-order valence-corrected chi connectivity index (χ0v) is 8.72. The first kappa shape index (κ1) is 11.9. The maximum atomic E-state index is 11.3. The molecule has 12 heavy (non-hydrogen) atoms. The van der Waals surface area contributed by atoms with Crippen molar-refractivity contribution in [2.75, 3.05) is 12.3 Å². The molecule has 0 amide bonds. The molecule has 0 spiro atoms. The average molecular weight is 190 g/mol. The maximum absolute atomic E-state index is 11.3. The maximum Gasteiger partial charge on any atom is 0.204 e. The second-order valence-electron chi connectivity index (χ2n) is 3.10. The van der Waals surface area contributed by atoms with Crippen LogP contribution >= 0.6 is 7.37 Å². The average Bonchev–Trinajstić information content (AvgIpc) is 1.98. The minimum Gasteiger partial charge on any atom is -0.344 e. The molecule has 0 heterocycles. The van der Waals surface area contributed by atoms with E-state index in [0.29, 0.717) is 6.16 Å². The van der Waals surface area contributed by atoms with Crippen molar-refractivity contribution in [2.45, 2.75) is 32.6 Å². The van der Waals surface area contributed by atoms with Gasteiger partial charge in [0.2, 0.25) is 7.37 Å². The largest absolute Gasteiger partial charge is 0.344 e. The van der Waals surface area contributed by atoms with Crippen molar-refractivity contribution in [3.05, 3.63) is 12.7 Å². The molecular weight excluding hydrogens is 171 g/mol. The quantitative estimate of drug-likeness (QED) is 0.380. The smallest absolute Gasteiger partial charge is 0.204 e. The van der Waals surface area contributed by atoms with E-state index in [4.69, 9.17) is 0 Å². The van der Waals surface area contributed by atoms with E-state index >= 15 is 0 Å². The van der Waals surface area contributed by atoms with E-state index in [-0.39, 0.29) is 6.16 Å². The number of hydrogen-bond acceptors (Lipinski definition) is 1. The van der Waals surface area contributed by atoms with Gasteiger partial charge in [-0.1, -0.05) is 32.3 Å². The van der Waals surface area contributed by atoms with Gasteiger partial charge in [-0.3, -0.25) is 4.57 Å². The molecule has 72 valence electrons. The summed E-state index contributed by atoms with van der Waals surface area (Å²) in [4.78, 5) is 9.30. The predicted octanol–water partition coefficient (Wildman–Crippen LogP) is 3.02. The fourth-order valence-electron chi connectivity index (χ4n) is 1.08. The van der Waals surface area contributed by atoms with Gasteiger partial charge in [0.15, 0.2) is 0 Å². The lowest BCUT2D eigenvalue weighted by molar-refractivity contribution is 0.477. The first-order valence-electron chi connectivity index (χ1n) is 4.54. The Kier molecular flexibility index (Phi) is 6.41. The summed E-state index contributed by atoms with van der Waals surface area (Å²) in [5, 5.41) is 0. The van der Waals surface area contributed by atoms with Crippen molar-refractivity contribution in [3.8, 4) is 0 Å². The summed E-state index contributed by atoms with van der Waals surface area (Å²) in [5.74, 6) is 0. The van der Waals surface area contributed by atoms with Gasteiger partial charge in [-0.05, 0) is 6.42 Å². The number of allylic oxidation sites excluding steroid dienone is 1. The Hall–Kier alpha value is -0.0700. The van der Waals surface area contributed by atoms with Crippen LogP contribution in [0.2, 0.25) is 0 Å². The van der Waals surface area contributed by atoms with Crippen molar-refractivity contribution in [1.82, 2.24) is 0 Å². The van der Waals surface area contributed by atoms with Crippen LogP contribution in [0.1, 0.15) is 32.6 Å². The minimum absolute atomic E-state index is 0.263. The second kappa shape index (κ2) is 6.45. The molecule has 0 aromatic rings. The molecule has 0 bridgehead atoms. The zero-order chi connectivity index (χ0) is 9.45. The van der Waals surface area contributed by atoms with Crippen LogP contribution in [-0.4, -0.2) is 17.2 Å². The molecule has 0 aliphatic carbocycles. The molecule has 0 aliphatic heterocycles. The molecule has 2 nitrogen and oxygen atoms in total. The van der Waals surface area contributed by atoms with E-state index in [9.17, 15) is 9.46 Å². The van der Waals surface area contributed by atoms with Crippen LogP contribution in [0.5, 0.6) is 0 Å². The molecule has 1 N–H and O–H groups in total. The summed E-state index contributed by atoms with van der Waals surface area (Å²) in [6.45, 7) is 5.59. The van der Waals surface area contributed by atoms with Crippen LogP contribution in [-0.2, 0) is 4.57 Å². The summed E-state index contributed by atoms with van der Waals surface area (Å²) in [7, 11) is -2.85. The van der Waals surface area contributed by atoms with Gasteiger partial charge < -0.3 is 4.89 Å². The molecule has 0 aromatic carbocycles. The van der Waals surface area contributed by atoms with Gasteiger partial charge in [-0.2, -0.15) is 0 Å². The third kappa shape index (κ3) is 6.63. The Labute approximate surface area is 75.1 Å². The van der Waals surface area contributed by atoms with Gasteiger partial charge in [0, 0.05) is 12.3 Å². The molecule has 0 saturated heterocycles. The second-order valence-corrected chi connectivity index (χ2v) is 5.61. The van der Waals surface area contributed by atoms with Gasteiger partial charge in [0.05, 0.1) is 0 Å². The normalized spacial score (nSPS) is 15.5. The van der Waals surface area contributed by atoms with E-state index in [2.05, 4.69) is 13.5 Å². The number of hydrogen-bond donors (Lipinski definition) is 1. The van der Waals surface area contributed by atoms with Gasteiger partial charge in [-0.25, -0.2) is 0 Å². The first-order valence-corrected chi connectivity index (χ1v) is 6.57. The molecule has 3 heteroatoms. The molecule has 0 fully saturated rings. The minimum atomic E-state index is -2.85. The third-order valence-corrected chi connectivity index (χ3v) is 3.62. The molecule has 0 saturated carbocycles. The standard InChI is InChI=1S/C9H19O2P/c1-3-5-6-7-9-12(10,11)8-4-2/h4H,2-3,5-9H2,1H3,(H,10,11). The summed E-state index contributed by atoms with van der Waals surface area (Å²) >= 11 is 0. The lowest BCUT2D eigenvalue weighted by atomic mass is 10.2. The molecule has 0 aliphatic rings. The first-order chi connectivity index (χ1) is 5.62. The Balaban J connectivity index is 3.47. The summed E-state index contributed by atoms with van der Waals surface area (Å²) in [6.07, 6.45) is 6.51. The van der Waals surface area contributed by atoms with Crippen molar-refractivity contribution >= 4 is 7.37 Å². The highest BCUT2D eigenvalue weighted by molar-refractivity contribution is 7.58.